The molecule has 0 saturated heterocycles. The number of carbonyl (C=O) groups is 1. The second-order valence-electron chi connectivity index (χ2n) is 4.69. The minimum Gasteiger partial charge on any atom is -0.478 e. The number of aromatic carboxylic acids is 1. The van der Waals surface area contributed by atoms with Crippen molar-refractivity contribution in [2.24, 2.45) is 0 Å². The van der Waals surface area contributed by atoms with E-state index in [2.05, 4.69) is 5.32 Å². The molecule has 0 bridgehead atoms. The molecular weight excluding hydrogens is 306 g/mol. The highest BCUT2D eigenvalue weighted by atomic mass is 16.6. The molecule has 0 fully saturated rings. The molecule has 0 amide bonds. The molecular formula is C14H11N3O6. The Morgan fingerprint density at radius 2 is 1.70 bits per heavy atom. The lowest BCUT2D eigenvalue weighted by Crippen LogP contribution is -2.05. The number of nitrogens with one attached hydrogen (secondary N) is 1. The van der Waals surface area contributed by atoms with Gasteiger partial charge in [0.05, 0.1) is 27.2 Å². The van der Waals surface area contributed by atoms with Crippen molar-refractivity contribution >= 4 is 28.7 Å². The number of non-ortho nitro benzene ring substituents is 1. The topological polar surface area (TPSA) is 136 Å². The summed E-state index contributed by atoms with van der Waals surface area (Å²) in [6, 6.07) is 7.63. The molecule has 0 aromatic heterocycles. The van der Waals surface area contributed by atoms with Crippen LogP contribution in [0.15, 0.2) is 36.4 Å². The summed E-state index contributed by atoms with van der Waals surface area (Å²) < 4.78 is 0. The van der Waals surface area contributed by atoms with E-state index in [9.17, 15) is 30.1 Å². The van der Waals surface area contributed by atoms with Crippen molar-refractivity contribution in [3.63, 3.8) is 0 Å². The highest BCUT2D eigenvalue weighted by Gasteiger charge is 2.21. The van der Waals surface area contributed by atoms with E-state index in [4.69, 9.17) is 0 Å². The summed E-state index contributed by atoms with van der Waals surface area (Å²) >= 11 is 0. The number of carboxylic acids is 1. The van der Waals surface area contributed by atoms with Gasteiger partial charge in [0.2, 0.25) is 0 Å². The van der Waals surface area contributed by atoms with Gasteiger partial charge < -0.3 is 10.4 Å². The first kappa shape index (κ1) is 15.9. The molecule has 2 aromatic rings. The predicted octanol–water partition coefficient (Wildman–Crippen LogP) is 3.25. The molecule has 0 radical (unpaired) electrons. The Hall–Kier alpha value is -3.49. The summed E-state index contributed by atoms with van der Waals surface area (Å²) in [5.41, 5.74) is -0.170. The van der Waals surface area contributed by atoms with Gasteiger partial charge in [-0.25, -0.2) is 4.79 Å². The van der Waals surface area contributed by atoms with Crippen LogP contribution >= 0.6 is 0 Å². The summed E-state index contributed by atoms with van der Waals surface area (Å²) in [5.74, 6) is -1.19. The van der Waals surface area contributed by atoms with Gasteiger partial charge in [0.15, 0.2) is 0 Å². The monoisotopic (exact) mass is 317 g/mol. The first-order chi connectivity index (χ1) is 10.8. The third kappa shape index (κ3) is 3.40. The third-order valence-electron chi connectivity index (χ3n) is 3.06. The van der Waals surface area contributed by atoms with Crippen LogP contribution in [0.4, 0.5) is 22.7 Å². The largest absolute Gasteiger partial charge is 0.478 e. The van der Waals surface area contributed by atoms with Crippen molar-refractivity contribution in [2.75, 3.05) is 5.32 Å². The Morgan fingerprint density at radius 1 is 1.04 bits per heavy atom. The summed E-state index contributed by atoms with van der Waals surface area (Å²) in [5, 5.41) is 33.6. The van der Waals surface area contributed by atoms with E-state index in [1.807, 2.05) is 0 Å². The lowest BCUT2D eigenvalue weighted by Gasteiger charge is -2.10. The third-order valence-corrected chi connectivity index (χ3v) is 3.06. The molecule has 0 spiro atoms. The molecule has 0 heterocycles. The number of carboxylic acid groups (broad SMARTS) is 1. The van der Waals surface area contributed by atoms with Crippen molar-refractivity contribution < 1.29 is 19.7 Å². The van der Waals surface area contributed by atoms with Gasteiger partial charge in [-0.2, -0.15) is 0 Å². The Kier molecular flexibility index (Phi) is 4.21. The Labute approximate surface area is 129 Å². The minimum atomic E-state index is -1.19. The molecule has 2 aromatic carbocycles. The van der Waals surface area contributed by atoms with Gasteiger partial charge in [-0.05, 0) is 25.1 Å². The molecule has 9 heteroatoms. The number of anilines is 2. The van der Waals surface area contributed by atoms with Crippen LogP contribution in [0.2, 0.25) is 0 Å². The SMILES string of the molecule is Cc1ccc(Nc2ccc([N+](=O)[O-])cc2[N+](=O)[O-])c(C(=O)O)c1. The highest BCUT2D eigenvalue weighted by molar-refractivity contribution is 5.96. The second-order valence-corrected chi connectivity index (χ2v) is 4.69. The Bertz CT molecular complexity index is 818. The van der Waals surface area contributed by atoms with Crippen LogP contribution in [0.25, 0.3) is 0 Å². The normalized spacial score (nSPS) is 10.1. The fourth-order valence-corrected chi connectivity index (χ4v) is 1.98. The van der Waals surface area contributed by atoms with Gasteiger partial charge in [0.25, 0.3) is 11.4 Å². The van der Waals surface area contributed by atoms with Crippen molar-refractivity contribution in [3.8, 4) is 0 Å². The number of nitro benzene ring substituents is 2. The Morgan fingerprint density at radius 3 is 2.26 bits per heavy atom. The van der Waals surface area contributed by atoms with Crippen molar-refractivity contribution in [1.82, 2.24) is 0 Å². The quantitative estimate of drug-likeness (QED) is 0.638. The summed E-state index contributed by atoms with van der Waals surface area (Å²) in [7, 11) is 0. The lowest BCUT2D eigenvalue weighted by atomic mass is 10.1. The maximum absolute atomic E-state index is 11.3. The fourth-order valence-electron chi connectivity index (χ4n) is 1.98. The standard InChI is InChI=1S/C14H11N3O6/c1-8-2-4-11(10(6-8)14(18)19)15-12-5-3-9(16(20)21)7-13(12)17(22)23/h2-7,15H,1H3,(H,18,19). The molecule has 23 heavy (non-hydrogen) atoms. The van der Waals surface area contributed by atoms with Crippen LogP contribution in [0, 0.1) is 27.2 Å². The maximum Gasteiger partial charge on any atom is 0.337 e. The van der Waals surface area contributed by atoms with E-state index >= 15 is 0 Å². The molecule has 9 nitrogen and oxygen atoms in total. The molecule has 0 atom stereocenters. The molecule has 2 rings (SSSR count). The molecule has 0 unspecified atom stereocenters. The number of benzene rings is 2. The Balaban J connectivity index is 2.50. The summed E-state index contributed by atoms with van der Waals surface area (Å²) in [4.78, 5) is 31.5. The number of hydrogen-bond donors (Lipinski definition) is 2. The van der Waals surface area contributed by atoms with Crippen LogP contribution in [0.1, 0.15) is 15.9 Å². The van der Waals surface area contributed by atoms with E-state index in [1.165, 1.54) is 18.2 Å². The molecule has 0 aliphatic rings. The van der Waals surface area contributed by atoms with Gasteiger partial charge in [0.1, 0.15) is 5.69 Å². The van der Waals surface area contributed by atoms with Crippen LogP contribution in [-0.4, -0.2) is 20.9 Å². The fraction of sp³-hybridized carbons (Fsp3) is 0.0714. The van der Waals surface area contributed by atoms with E-state index in [0.29, 0.717) is 5.56 Å². The molecule has 0 aliphatic heterocycles. The lowest BCUT2D eigenvalue weighted by molar-refractivity contribution is -0.393. The van der Waals surface area contributed by atoms with Crippen LogP contribution in [-0.2, 0) is 0 Å². The zero-order valence-corrected chi connectivity index (χ0v) is 11.8. The number of aryl methyl sites for hydroxylation is 1. The van der Waals surface area contributed by atoms with Gasteiger partial charge in [-0.3, -0.25) is 20.2 Å². The molecule has 118 valence electrons. The predicted molar refractivity (Wildman–Crippen MR) is 81.2 cm³/mol. The van der Waals surface area contributed by atoms with Crippen molar-refractivity contribution in [2.45, 2.75) is 6.92 Å². The highest BCUT2D eigenvalue weighted by Crippen LogP contribution is 2.32. The summed E-state index contributed by atoms with van der Waals surface area (Å²) in [6.45, 7) is 1.71. The van der Waals surface area contributed by atoms with Crippen LogP contribution in [0.5, 0.6) is 0 Å². The maximum atomic E-state index is 11.3. The molecule has 2 N–H and O–H groups in total. The van der Waals surface area contributed by atoms with Gasteiger partial charge in [-0.1, -0.05) is 11.6 Å². The number of nitro groups is 2. The number of rotatable bonds is 5. The zero-order valence-electron chi connectivity index (χ0n) is 11.8. The van der Waals surface area contributed by atoms with Gasteiger partial charge >= 0.3 is 5.97 Å². The number of hydrogen-bond acceptors (Lipinski definition) is 6. The molecule has 0 aliphatic carbocycles. The van der Waals surface area contributed by atoms with Crippen LogP contribution < -0.4 is 5.32 Å². The summed E-state index contributed by atoms with van der Waals surface area (Å²) in [6.07, 6.45) is 0. The first-order valence-corrected chi connectivity index (χ1v) is 6.33. The van der Waals surface area contributed by atoms with E-state index in [0.717, 1.165) is 12.1 Å². The first-order valence-electron chi connectivity index (χ1n) is 6.33. The van der Waals surface area contributed by atoms with Crippen LogP contribution in [0.3, 0.4) is 0 Å². The smallest absolute Gasteiger partial charge is 0.337 e. The number of nitrogens with zero attached hydrogens (tertiary/aromatic N) is 2. The van der Waals surface area contributed by atoms with Crippen molar-refractivity contribution in [1.29, 1.82) is 0 Å². The average molecular weight is 317 g/mol. The zero-order chi connectivity index (χ0) is 17.1. The average Bonchev–Trinajstić information content (AvgIpc) is 2.48. The van der Waals surface area contributed by atoms with Gasteiger partial charge in [-0.15, -0.1) is 0 Å². The van der Waals surface area contributed by atoms with Gasteiger partial charge in [0, 0.05) is 6.07 Å². The van der Waals surface area contributed by atoms with E-state index in [-0.39, 0.29) is 16.9 Å². The second kappa shape index (κ2) is 6.10. The minimum absolute atomic E-state index is 0.0352. The molecule has 0 saturated carbocycles. The van der Waals surface area contributed by atoms with E-state index in [1.54, 1.807) is 13.0 Å². The van der Waals surface area contributed by atoms with Crippen molar-refractivity contribution in [3.05, 3.63) is 67.8 Å². The van der Waals surface area contributed by atoms with E-state index < -0.39 is 27.2 Å².